The third-order valence-corrected chi connectivity index (χ3v) is 8.75. The van der Waals surface area contributed by atoms with Crippen LogP contribution in [-0.4, -0.2) is 56.6 Å². The number of hydrogen-bond acceptors (Lipinski definition) is 13. The summed E-state index contributed by atoms with van der Waals surface area (Å²) < 4.78 is 47.5. The normalized spacial score (nSPS) is 24.9. The minimum absolute atomic E-state index is 0.00863. The van der Waals surface area contributed by atoms with Gasteiger partial charge in [-0.1, -0.05) is 25.2 Å². The lowest BCUT2D eigenvalue weighted by Gasteiger charge is -2.49. The lowest BCUT2D eigenvalue weighted by molar-refractivity contribution is -0.173. The number of rotatable bonds is 7. The van der Waals surface area contributed by atoms with Gasteiger partial charge in [-0.25, -0.2) is 14.6 Å². The van der Waals surface area contributed by atoms with Gasteiger partial charge in [0.2, 0.25) is 5.60 Å². The van der Waals surface area contributed by atoms with Crippen LogP contribution in [0.3, 0.4) is 0 Å². The number of imidazole rings is 1. The number of nitrogen functional groups attached to an aromatic ring is 1. The van der Waals surface area contributed by atoms with Gasteiger partial charge in [0.15, 0.2) is 35.7 Å². The summed E-state index contributed by atoms with van der Waals surface area (Å²) in [6.45, 7) is 0.359. The van der Waals surface area contributed by atoms with Gasteiger partial charge in [-0.05, 0) is 38.0 Å². The van der Waals surface area contributed by atoms with Crippen molar-refractivity contribution in [3.05, 3.63) is 34.5 Å². The summed E-state index contributed by atoms with van der Waals surface area (Å²) >= 11 is 0. The van der Waals surface area contributed by atoms with E-state index in [1.54, 1.807) is 0 Å². The molecule has 6 rings (SSSR count). The predicted octanol–water partition coefficient (Wildman–Crippen LogP) is 2.97. The number of halogens is 1. The first-order chi connectivity index (χ1) is 20.6. The molecule has 2 saturated carbocycles. The van der Waals surface area contributed by atoms with Crippen LogP contribution in [0.15, 0.2) is 20.0 Å². The molecule has 3 aliphatic rings. The Labute approximate surface area is 244 Å². The number of fused-ring (bicyclic) bond motifs is 1. The second kappa shape index (κ2) is 11.0. The Kier molecular flexibility index (Phi) is 7.33. The molecule has 3 aromatic heterocycles. The molecule has 1 spiro atoms. The van der Waals surface area contributed by atoms with Crippen molar-refractivity contribution in [1.82, 2.24) is 19.5 Å². The van der Waals surface area contributed by atoms with Gasteiger partial charge in [0, 0.05) is 0 Å². The van der Waals surface area contributed by atoms with Gasteiger partial charge >= 0.3 is 24.0 Å². The lowest BCUT2D eigenvalue weighted by Crippen LogP contribution is -2.50. The van der Waals surface area contributed by atoms with Crippen molar-refractivity contribution in [2.75, 3.05) is 18.9 Å². The van der Waals surface area contributed by atoms with Gasteiger partial charge < -0.3 is 38.1 Å². The molecule has 4 heterocycles. The minimum atomic E-state index is -1.74. The first kappa shape index (κ1) is 28.7. The molecule has 43 heavy (non-hydrogen) atoms. The number of nitrogens with two attached hydrogens (primary N) is 1. The van der Waals surface area contributed by atoms with Crippen LogP contribution in [0.2, 0.25) is 0 Å². The number of carbonyl (C=O) groups is 2. The van der Waals surface area contributed by atoms with E-state index in [0.717, 1.165) is 38.5 Å². The first-order valence-corrected chi connectivity index (χ1v) is 14.0. The van der Waals surface area contributed by atoms with E-state index in [-0.39, 0.29) is 46.4 Å². The van der Waals surface area contributed by atoms with Crippen LogP contribution in [-0.2, 0) is 30.3 Å². The Bertz CT molecular complexity index is 1640. The van der Waals surface area contributed by atoms with E-state index in [9.17, 15) is 18.8 Å². The van der Waals surface area contributed by atoms with Gasteiger partial charge in [0.25, 0.3) is 0 Å². The van der Waals surface area contributed by atoms with E-state index in [4.69, 9.17) is 39.9 Å². The number of hydrogen-bond donors (Lipinski definition) is 1. The molecule has 1 unspecified atom stereocenters. The highest BCUT2D eigenvalue weighted by Gasteiger charge is 2.56. The standard InChI is InChI=1S/C28H30FN5O9/c1-3-28(13-39-25(36)38-12-18-15(2)41-26(37)42-18)20(43-23(35)16-9-27(10-16)7-5-4-6-8-27)17(11-40-28)34-14-31-19-21(30)32-24(29)33-22(19)34/h1,14,16-17,20H,4-13H2,2H3,(H2,30,32,33)/t17?,20-,28+/m0/s1. The van der Waals surface area contributed by atoms with Crippen LogP contribution in [0.5, 0.6) is 0 Å². The molecule has 1 aliphatic heterocycles. The lowest BCUT2D eigenvalue weighted by atomic mass is 9.56. The summed E-state index contributed by atoms with van der Waals surface area (Å²) in [7, 11) is 0. The Morgan fingerprint density at radius 3 is 2.67 bits per heavy atom. The summed E-state index contributed by atoms with van der Waals surface area (Å²) in [6.07, 6.45) is 11.0. The van der Waals surface area contributed by atoms with Crippen molar-refractivity contribution >= 4 is 29.1 Å². The van der Waals surface area contributed by atoms with Crippen molar-refractivity contribution in [1.29, 1.82) is 0 Å². The zero-order valence-electron chi connectivity index (χ0n) is 23.4. The van der Waals surface area contributed by atoms with Crippen molar-refractivity contribution in [2.24, 2.45) is 11.3 Å². The number of terminal acetylenes is 1. The molecule has 14 nitrogen and oxygen atoms in total. The SMILES string of the molecule is C#C[C@]1(COC(=O)OCc2oc(=O)oc2C)OCC(n2cnc3c(N)nc(F)nc32)[C@@H]1OC(=O)C1CC2(CCCCC2)C1. The van der Waals surface area contributed by atoms with E-state index in [0.29, 0.717) is 0 Å². The monoisotopic (exact) mass is 599 g/mol. The van der Waals surface area contributed by atoms with Crippen molar-refractivity contribution in [3.8, 4) is 12.3 Å². The van der Waals surface area contributed by atoms with E-state index < -0.39 is 55.0 Å². The van der Waals surface area contributed by atoms with Gasteiger partial charge in [-0.3, -0.25) is 4.79 Å². The average molecular weight is 600 g/mol. The largest absolute Gasteiger partial charge is 0.519 e. The Hall–Kier alpha value is -4.45. The molecule has 0 radical (unpaired) electrons. The third-order valence-electron chi connectivity index (χ3n) is 8.75. The maximum atomic E-state index is 14.1. The molecule has 3 aromatic rings. The predicted molar refractivity (Wildman–Crippen MR) is 142 cm³/mol. The molecule has 0 aromatic carbocycles. The average Bonchev–Trinajstić information content (AvgIpc) is 3.64. The number of ether oxygens (including phenoxy) is 4. The molecular formula is C28H30FN5O9. The Morgan fingerprint density at radius 1 is 1.21 bits per heavy atom. The smallest absolute Gasteiger partial charge is 0.455 e. The quantitative estimate of drug-likeness (QED) is 0.238. The van der Waals surface area contributed by atoms with Crippen molar-refractivity contribution in [2.45, 2.75) is 76.2 Å². The Balaban J connectivity index is 1.22. The van der Waals surface area contributed by atoms with Crippen LogP contribution in [0, 0.1) is 36.7 Å². The highest BCUT2D eigenvalue weighted by Crippen LogP contribution is 2.55. The molecule has 2 N–H and O–H groups in total. The first-order valence-electron chi connectivity index (χ1n) is 14.0. The number of aromatic nitrogens is 4. The van der Waals surface area contributed by atoms with Gasteiger partial charge in [-0.2, -0.15) is 14.4 Å². The fraction of sp³-hybridized carbons (Fsp3) is 0.571. The highest BCUT2D eigenvalue weighted by atomic mass is 19.1. The number of nitrogens with zero attached hydrogens (tertiary/aromatic N) is 4. The molecule has 1 saturated heterocycles. The summed E-state index contributed by atoms with van der Waals surface area (Å²) in [5.74, 6) is 0.777. The zero-order valence-corrected chi connectivity index (χ0v) is 23.4. The molecule has 0 bridgehead atoms. The van der Waals surface area contributed by atoms with E-state index >= 15 is 0 Å². The van der Waals surface area contributed by atoms with Crippen LogP contribution in [0.1, 0.15) is 62.5 Å². The maximum absolute atomic E-state index is 14.1. The van der Waals surface area contributed by atoms with E-state index in [2.05, 4.69) is 20.9 Å². The minimum Gasteiger partial charge on any atom is -0.455 e. The van der Waals surface area contributed by atoms with Crippen LogP contribution in [0.4, 0.5) is 15.0 Å². The summed E-state index contributed by atoms with van der Waals surface area (Å²) in [6, 6.07) is -0.829. The summed E-state index contributed by atoms with van der Waals surface area (Å²) in [5, 5.41) is 0. The summed E-state index contributed by atoms with van der Waals surface area (Å²) in [5.41, 5.74) is 4.47. The number of anilines is 1. The molecule has 3 fully saturated rings. The zero-order chi connectivity index (χ0) is 30.4. The highest BCUT2D eigenvalue weighted by molar-refractivity contribution is 5.81. The van der Waals surface area contributed by atoms with Crippen LogP contribution >= 0.6 is 0 Å². The second-order valence-corrected chi connectivity index (χ2v) is 11.4. The molecular weight excluding hydrogens is 569 g/mol. The van der Waals surface area contributed by atoms with Crippen LogP contribution in [0.25, 0.3) is 11.2 Å². The number of esters is 1. The fourth-order valence-electron chi connectivity index (χ4n) is 6.48. The fourth-order valence-corrected chi connectivity index (χ4v) is 6.48. The second-order valence-electron chi connectivity index (χ2n) is 11.4. The molecule has 2 aliphatic carbocycles. The number of carbonyl (C=O) groups excluding carboxylic acids is 2. The van der Waals surface area contributed by atoms with E-state index in [1.807, 2.05) is 0 Å². The van der Waals surface area contributed by atoms with Crippen LogP contribution < -0.4 is 11.6 Å². The number of aryl methyl sites for hydroxylation is 1. The van der Waals surface area contributed by atoms with Gasteiger partial charge in [-0.15, -0.1) is 6.42 Å². The molecule has 3 atom stereocenters. The van der Waals surface area contributed by atoms with Crippen molar-refractivity contribution < 1.29 is 41.8 Å². The summed E-state index contributed by atoms with van der Waals surface area (Å²) in [4.78, 5) is 48.7. The Morgan fingerprint density at radius 2 is 1.98 bits per heavy atom. The molecule has 0 amide bonds. The van der Waals surface area contributed by atoms with Gasteiger partial charge in [0.05, 0.1) is 18.9 Å². The molecule has 15 heteroatoms. The topological polar surface area (TPSA) is 184 Å². The van der Waals surface area contributed by atoms with Crippen molar-refractivity contribution in [3.63, 3.8) is 0 Å². The third kappa shape index (κ3) is 5.31. The molecule has 228 valence electrons. The van der Waals surface area contributed by atoms with Gasteiger partial charge in [0.1, 0.15) is 18.2 Å². The van der Waals surface area contributed by atoms with E-state index in [1.165, 1.54) is 24.2 Å². The maximum Gasteiger partial charge on any atom is 0.519 e.